The Kier molecular flexibility index (Phi) is 8.13. The molecule has 0 radical (unpaired) electrons. The van der Waals surface area contributed by atoms with Gasteiger partial charge < -0.3 is 30.0 Å². The SMILES string of the molecule is COc1ccc(OC)c(NC(=O)C[C@@H]([NH2+]CCC2=CCCCC2)C(=O)[O-])c1. The second kappa shape index (κ2) is 10.6. The molecular formula is C20H28N2O5. The number of methoxy groups -OCH3 is 2. The first-order valence-electron chi connectivity index (χ1n) is 9.27. The molecule has 7 nitrogen and oxygen atoms in total. The first-order valence-corrected chi connectivity index (χ1v) is 9.27. The fraction of sp³-hybridized carbons (Fsp3) is 0.500. The number of carbonyl (C=O) groups is 2. The number of carboxylic acids is 1. The summed E-state index contributed by atoms with van der Waals surface area (Å²) >= 11 is 0. The number of amides is 1. The molecule has 2 rings (SSSR count). The third-order valence-corrected chi connectivity index (χ3v) is 4.69. The Hall–Kier alpha value is -2.54. The predicted molar refractivity (Wildman–Crippen MR) is 99.5 cm³/mol. The number of anilines is 1. The summed E-state index contributed by atoms with van der Waals surface area (Å²) in [6.07, 6.45) is 7.51. The lowest BCUT2D eigenvalue weighted by atomic mass is 9.97. The smallest absolute Gasteiger partial charge is 0.230 e. The van der Waals surface area contributed by atoms with Crippen LogP contribution in [0.25, 0.3) is 0 Å². The summed E-state index contributed by atoms with van der Waals surface area (Å²) in [6, 6.07) is 4.09. The predicted octanol–water partition coefficient (Wildman–Crippen LogP) is 0.605. The van der Waals surface area contributed by atoms with E-state index < -0.39 is 17.9 Å². The molecule has 148 valence electrons. The number of benzene rings is 1. The van der Waals surface area contributed by atoms with Gasteiger partial charge in [0.15, 0.2) is 0 Å². The van der Waals surface area contributed by atoms with E-state index in [2.05, 4.69) is 11.4 Å². The van der Waals surface area contributed by atoms with Crippen molar-refractivity contribution in [2.45, 2.75) is 44.6 Å². The highest BCUT2D eigenvalue weighted by Gasteiger charge is 2.19. The molecule has 0 saturated heterocycles. The highest BCUT2D eigenvalue weighted by atomic mass is 16.5. The zero-order valence-corrected chi connectivity index (χ0v) is 16.0. The molecule has 7 heteroatoms. The Labute approximate surface area is 159 Å². The monoisotopic (exact) mass is 376 g/mol. The number of carbonyl (C=O) groups excluding carboxylic acids is 2. The number of aliphatic carboxylic acids is 1. The second-order valence-corrected chi connectivity index (χ2v) is 6.63. The lowest BCUT2D eigenvalue weighted by molar-refractivity contribution is -0.682. The van der Waals surface area contributed by atoms with E-state index in [4.69, 9.17) is 9.47 Å². The van der Waals surface area contributed by atoms with Gasteiger partial charge in [0.25, 0.3) is 0 Å². The number of nitrogens with two attached hydrogens (primary N) is 1. The maximum Gasteiger partial charge on any atom is 0.230 e. The largest absolute Gasteiger partial charge is 0.544 e. The molecule has 0 heterocycles. The van der Waals surface area contributed by atoms with E-state index in [0.29, 0.717) is 23.7 Å². The van der Waals surface area contributed by atoms with Crippen LogP contribution in [-0.4, -0.2) is 38.7 Å². The minimum Gasteiger partial charge on any atom is -0.544 e. The van der Waals surface area contributed by atoms with E-state index in [1.807, 2.05) is 0 Å². The van der Waals surface area contributed by atoms with Crippen molar-refractivity contribution < 1.29 is 29.5 Å². The number of quaternary nitrogens is 1. The lowest BCUT2D eigenvalue weighted by Crippen LogP contribution is -2.93. The van der Waals surface area contributed by atoms with Crippen LogP contribution in [0.4, 0.5) is 5.69 Å². The van der Waals surface area contributed by atoms with E-state index in [-0.39, 0.29) is 6.42 Å². The van der Waals surface area contributed by atoms with Gasteiger partial charge in [-0.2, -0.15) is 0 Å². The molecule has 0 spiro atoms. The van der Waals surface area contributed by atoms with Crippen molar-refractivity contribution in [2.24, 2.45) is 0 Å². The summed E-state index contributed by atoms with van der Waals surface area (Å²) in [5.74, 6) is -0.610. The summed E-state index contributed by atoms with van der Waals surface area (Å²) in [6.45, 7) is 0.625. The molecule has 1 aliphatic carbocycles. The van der Waals surface area contributed by atoms with Crippen LogP contribution in [0.15, 0.2) is 29.8 Å². The van der Waals surface area contributed by atoms with Gasteiger partial charge >= 0.3 is 0 Å². The van der Waals surface area contributed by atoms with Gasteiger partial charge in [-0.15, -0.1) is 0 Å². The van der Waals surface area contributed by atoms with Gasteiger partial charge in [-0.25, -0.2) is 0 Å². The Morgan fingerprint density at radius 3 is 2.70 bits per heavy atom. The number of rotatable bonds is 10. The maximum absolute atomic E-state index is 12.3. The number of hydrogen-bond acceptors (Lipinski definition) is 5. The number of carboxylic acid groups (broad SMARTS) is 1. The van der Waals surface area contributed by atoms with Crippen molar-refractivity contribution >= 4 is 17.6 Å². The van der Waals surface area contributed by atoms with Gasteiger partial charge in [-0.3, -0.25) is 4.79 Å². The molecule has 27 heavy (non-hydrogen) atoms. The van der Waals surface area contributed by atoms with Crippen molar-refractivity contribution in [3.05, 3.63) is 29.8 Å². The molecule has 0 unspecified atom stereocenters. The highest BCUT2D eigenvalue weighted by molar-refractivity contribution is 5.94. The summed E-state index contributed by atoms with van der Waals surface area (Å²) in [7, 11) is 3.02. The molecule has 1 aromatic carbocycles. The van der Waals surface area contributed by atoms with Gasteiger partial charge in [0.1, 0.15) is 17.5 Å². The van der Waals surface area contributed by atoms with Crippen LogP contribution in [0.1, 0.15) is 38.5 Å². The van der Waals surface area contributed by atoms with Crippen LogP contribution in [0.3, 0.4) is 0 Å². The Balaban J connectivity index is 1.90. The maximum atomic E-state index is 12.3. The summed E-state index contributed by atoms with van der Waals surface area (Å²) in [4.78, 5) is 23.7. The Morgan fingerprint density at radius 2 is 2.07 bits per heavy atom. The van der Waals surface area contributed by atoms with E-state index in [0.717, 1.165) is 19.3 Å². The topological polar surface area (TPSA) is 104 Å². The van der Waals surface area contributed by atoms with E-state index >= 15 is 0 Å². The van der Waals surface area contributed by atoms with Crippen LogP contribution in [-0.2, 0) is 9.59 Å². The molecule has 0 bridgehead atoms. The minimum atomic E-state index is -1.24. The highest BCUT2D eigenvalue weighted by Crippen LogP contribution is 2.29. The first-order chi connectivity index (χ1) is 13.0. The van der Waals surface area contributed by atoms with Crippen LogP contribution < -0.4 is 25.2 Å². The van der Waals surface area contributed by atoms with Crippen molar-refractivity contribution in [1.82, 2.24) is 0 Å². The lowest BCUT2D eigenvalue weighted by Gasteiger charge is -2.18. The molecule has 1 amide bonds. The third-order valence-electron chi connectivity index (χ3n) is 4.69. The fourth-order valence-electron chi connectivity index (χ4n) is 3.18. The van der Waals surface area contributed by atoms with Gasteiger partial charge in [-0.1, -0.05) is 11.6 Å². The van der Waals surface area contributed by atoms with Gasteiger partial charge in [0.05, 0.1) is 38.8 Å². The van der Waals surface area contributed by atoms with Crippen molar-refractivity contribution in [3.63, 3.8) is 0 Å². The Morgan fingerprint density at radius 1 is 1.26 bits per heavy atom. The molecule has 1 atom stereocenters. The second-order valence-electron chi connectivity index (χ2n) is 6.63. The quantitative estimate of drug-likeness (QED) is 0.582. The van der Waals surface area contributed by atoms with Crippen molar-refractivity contribution in [3.8, 4) is 11.5 Å². The zero-order valence-electron chi connectivity index (χ0n) is 16.0. The van der Waals surface area contributed by atoms with E-state index in [1.165, 1.54) is 32.6 Å². The number of ether oxygens (including phenoxy) is 2. The fourth-order valence-corrected chi connectivity index (χ4v) is 3.18. The van der Waals surface area contributed by atoms with E-state index in [9.17, 15) is 14.7 Å². The average molecular weight is 376 g/mol. The normalized spacial score (nSPS) is 14.8. The van der Waals surface area contributed by atoms with Crippen LogP contribution >= 0.6 is 0 Å². The molecule has 1 aromatic rings. The van der Waals surface area contributed by atoms with Gasteiger partial charge in [0, 0.05) is 12.5 Å². The average Bonchev–Trinajstić information content (AvgIpc) is 2.67. The molecule has 0 fully saturated rings. The molecule has 1 aliphatic rings. The van der Waals surface area contributed by atoms with Gasteiger partial charge in [0.2, 0.25) is 5.91 Å². The first kappa shape index (κ1) is 20.8. The number of hydrogen-bond donors (Lipinski definition) is 2. The molecule has 0 aromatic heterocycles. The van der Waals surface area contributed by atoms with Crippen LogP contribution in [0, 0.1) is 0 Å². The summed E-state index contributed by atoms with van der Waals surface area (Å²) in [5, 5.41) is 15.8. The number of allylic oxidation sites excluding steroid dienone is 1. The van der Waals surface area contributed by atoms with Gasteiger partial charge in [-0.05, 0) is 37.8 Å². The van der Waals surface area contributed by atoms with Crippen LogP contribution in [0.5, 0.6) is 11.5 Å². The molecule has 0 aliphatic heterocycles. The third kappa shape index (κ3) is 6.60. The van der Waals surface area contributed by atoms with Crippen molar-refractivity contribution in [1.29, 1.82) is 0 Å². The minimum absolute atomic E-state index is 0.179. The Bertz CT molecular complexity index is 687. The van der Waals surface area contributed by atoms with Crippen molar-refractivity contribution in [2.75, 3.05) is 26.1 Å². The molecule has 0 saturated carbocycles. The molecule has 3 N–H and O–H groups in total. The standard InChI is InChI=1S/C20H28N2O5/c1-26-15-8-9-18(27-2)16(12-15)22-19(23)13-17(20(24)25)21-11-10-14-6-4-3-5-7-14/h6,8-9,12,17,21H,3-5,7,10-11,13H2,1-2H3,(H,22,23)(H,24,25)/t17-/m1/s1. The molecular weight excluding hydrogens is 348 g/mol. The summed E-state index contributed by atoms with van der Waals surface area (Å²) < 4.78 is 10.4. The zero-order chi connectivity index (χ0) is 19.6. The summed E-state index contributed by atoms with van der Waals surface area (Å²) in [5.41, 5.74) is 1.81. The van der Waals surface area contributed by atoms with E-state index in [1.54, 1.807) is 23.5 Å². The number of nitrogens with one attached hydrogen (secondary N) is 1. The van der Waals surface area contributed by atoms with Crippen LogP contribution in [0.2, 0.25) is 0 Å².